The minimum absolute atomic E-state index is 0.00829. The number of unbranched alkanes of at least 4 members (excludes halogenated alkanes) is 18. The fourth-order valence-electron chi connectivity index (χ4n) is 5.36. The summed E-state index contributed by atoms with van der Waals surface area (Å²) >= 11 is 0. The highest BCUT2D eigenvalue weighted by molar-refractivity contribution is 7.45. The van der Waals surface area contributed by atoms with Crippen molar-refractivity contribution in [3.8, 4) is 0 Å². The molecule has 0 bridgehead atoms. The Balaban J connectivity index is 4.60. The molecule has 3 unspecified atom stereocenters. The number of rotatable bonds is 35. The van der Waals surface area contributed by atoms with Crippen LogP contribution in [-0.2, 0) is 18.4 Å². The second kappa shape index (κ2) is 32.6. The van der Waals surface area contributed by atoms with E-state index in [1.807, 2.05) is 27.2 Å². The molecule has 2 N–H and O–H groups in total. The van der Waals surface area contributed by atoms with Gasteiger partial charge in [-0.2, -0.15) is 0 Å². The Bertz CT molecular complexity index is 902. The van der Waals surface area contributed by atoms with Gasteiger partial charge in [-0.25, -0.2) is 0 Å². The van der Waals surface area contributed by atoms with Gasteiger partial charge < -0.3 is 28.8 Å². The predicted octanol–water partition coefficient (Wildman–Crippen LogP) is 9.72. The van der Waals surface area contributed by atoms with E-state index in [2.05, 4.69) is 43.5 Å². The minimum Gasteiger partial charge on any atom is -0.756 e. The average molecular weight is 713 g/mol. The normalized spacial score (nSPS) is 15.0. The van der Waals surface area contributed by atoms with Crippen molar-refractivity contribution in [2.75, 3.05) is 40.9 Å². The van der Waals surface area contributed by atoms with Crippen molar-refractivity contribution in [1.82, 2.24) is 5.32 Å². The van der Waals surface area contributed by atoms with E-state index in [1.54, 1.807) is 6.08 Å². The fourth-order valence-corrected chi connectivity index (χ4v) is 6.08. The number of nitrogens with zero attached hydrogens (tertiary/aromatic N) is 1. The van der Waals surface area contributed by atoms with Crippen LogP contribution in [0.15, 0.2) is 36.5 Å². The molecule has 0 spiro atoms. The number of phosphoric ester groups is 1. The monoisotopic (exact) mass is 713 g/mol. The molecule has 0 aliphatic heterocycles. The minimum atomic E-state index is -4.59. The molecule has 0 aliphatic carbocycles. The molecule has 0 aromatic carbocycles. The van der Waals surface area contributed by atoms with Crippen molar-refractivity contribution in [3.63, 3.8) is 0 Å². The van der Waals surface area contributed by atoms with Gasteiger partial charge in [0.1, 0.15) is 13.2 Å². The van der Waals surface area contributed by atoms with E-state index in [9.17, 15) is 19.4 Å². The summed E-state index contributed by atoms with van der Waals surface area (Å²) in [5, 5.41) is 13.7. The van der Waals surface area contributed by atoms with Gasteiger partial charge in [-0.3, -0.25) is 9.36 Å². The first kappa shape index (κ1) is 47.7. The van der Waals surface area contributed by atoms with E-state index >= 15 is 0 Å². The number of hydrogen-bond donors (Lipinski definition) is 2. The number of aliphatic hydroxyl groups excluding tert-OH is 1. The van der Waals surface area contributed by atoms with Gasteiger partial charge in [0.2, 0.25) is 5.91 Å². The number of nitrogens with one attached hydrogen (secondary N) is 1. The van der Waals surface area contributed by atoms with E-state index in [0.29, 0.717) is 17.4 Å². The molecule has 0 rings (SSSR count). The Hall–Kier alpha value is -1.28. The van der Waals surface area contributed by atoms with Gasteiger partial charge in [0, 0.05) is 6.42 Å². The molecule has 288 valence electrons. The third-order valence-corrected chi connectivity index (χ3v) is 9.54. The van der Waals surface area contributed by atoms with E-state index in [4.69, 9.17) is 9.05 Å². The van der Waals surface area contributed by atoms with Gasteiger partial charge >= 0.3 is 0 Å². The molecule has 3 atom stereocenters. The number of carbonyl (C=O) groups is 1. The number of likely N-dealkylation sites (N-methyl/N-ethyl adjacent to an activating group) is 1. The molecule has 0 aliphatic rings. The lowest BCUT2D eigenvalue weighted by atomic mass is 10.0. The summed E-state index contributed by atoms with van der Waals surface area (Å²) in [6, 6.07) is -0.903. The Labute approximate surface area is 302 Å². The summed E-state index contributed by atoms with van der Waals surface area (Å²) in [5.74, 6) is -0.215. The summed E-state index contributed by atoms with van der Waals surface area (Å²) in [5.41, 5.74) is 0. The molecule has 9 heteroatoms. The molecule has 0 heterocycles. The zero-order valence-electron chi connectivity index (χ0n) is 32.4. The maximum atomic E-state index is 12.8. The summed E-state index contributed by atoms with van der Waals surface area (Å²) in [6.07, 6.45) is 37.6. The lowest BCUT2D eigenvalue weighted by Crippen LogP contribution is -2.45. The van der Waals surface area contributed by atoms with Crippen LogP contribution in [0.5, 0.6) is 0 Å². The summed E-state index contributed by atoms with van der Waals surface area (Å²) in [7, 11) is 1.23. The van der Waals surface area contributed by atoms with Crippen LogP contribution in [0.25, 0.3) is 0 Å². The Kier molecular flexibility index (Phi) is 31.8. The summed E-state index contributed by atoms with van der Waals surface area (Å²) < 4.78 is 23.1. The van der Waals surface area contributed by atoms with E-state index in [-0.39, 0.29) is 12.5 Å². The molecular formula is C40H77N2O6P. The first-order valence-electron chi connectivity index (χ1n) is 19.9. The summed E-state index contributed by atoms with van der Waals surface area (Å²) in [4.78, 5) is 25.1. The van der Waals surface area contributed by atoms with Crippen molar-refractivity contribution in [3.05, 3.63) is 36.5 Å². The standard InChI is InChI=1S/C40H77N2O6P/c1-6-8-10-12-14-16-18-20-21-22-23-25-27-29-31-33-39(43)38(37-48-49(45,46)47-36-35-42(3,4)5)41-40(44)34-32-30-28-26-24-19-17-15-13-11-9-7-2/h18,20,23,25,31,33,38-39,43H,6-17,19,21-22,24,26-30,32,34-37H2,1-5H3,(H-,41,44,45,46)/b20-18+,25-23+,33-31+. The Morgan fingerprint density at radius 1 is 0.694 bits per heavy atom. The van der Waals surface area contributed by atoms with Gasteiger partial charge in [-0.05, 0) is 44.9 Å². The largest absolute Gasteiger partial charge is 0.756 e. The van der Waals surface area contributed by atoms with Gasteiger partial charge in [0.05, 0.1) is 39.9 Å². The van der Waals surface area contributed by atoms with Gasteiger partial charge in [0.25, 0.3) is 7.82 Å². The molecule has 0 saturated carbocycles. The van der Waals surface area contributed by atoms with Crippen LogP contribution in [-0.4, -0.2) is 68.5 Å². The second-order valence-electron chi connectivity index (χ2n) is 14.6. The van der Waals surface area contributed by atoms with Crippen LogP contribution >= 0.6 is 7.82 Å². The van der Waals surface area contributed by atoms with Crippen molar-refractivity contribution in [2.45, 2.75) is 174 Å². The van der Waals surface area contributed by atoms with E-state index < -0.39 is 26.6 Å². The van der Waals surface area contributed by atoms with Crippen LogP contribution in [0.3, 0.4) is 0 Å². The van der Waals surface area contributed by atoms with Gasteiger partial charge in [-0.1, -0.05) is 147 Å². The first-order chi connectivity index (χ1) is 23.5. The maximum Gasteiger partial charge on any atom is 0.268 e. The molecule has 0 saturated heterocycles. The number of quaternary nitrogens is 1. The molecule has 8 nitrogen and oxygen atoms in total. The van der Waals surface area contributed by atoms with Gasteiger partial charge in [0.15, 0.2) is 0 Å². The third-order valence-electron chi connectivity index (χ3n) is 8.58. The highest BCUT2D eigenvalue weighted by atomic mass is 31.2. The van der Waals surface area contributed by atoms with Crippen LogP contribution < -0.4 is 10.2 Å². The smallest absolute Gasteiger partial charge is 0.268 e. The predicted molar refractivity (Wildman–Crippen MR) is 205 cm³/mol. The zero-order valence-corrected chi connectivity index (χ0v) is 33.3. The van der Waals surface area contributed by atoms with Crippen LogP contribution in [0, 0.1) is 0 Å². The van der Waals surface area contributed by atoms with E-state index in [1.165, 1.54) is 96.3 Å². The molecule has 49 heavy (non-hydrogen) atoms. The fraction of sp³-hybridized carbons (Fsp3) is 0.825. The quantitative estimate of drug-likeness (QED) is 0.0293. The lowest BCUT2D eigenvalue weighted by molar-refractivity contribution is -0.870. The Morgan fingerprint density at radius 3 is 1.65 bits per heavy atom. The SMILES string of the molecule is CCCCCCC/C=C/CC/C=C/CC/C=C/C(O)C(COP(=O)([O-])OCC[N+](C)(C)C)NC(=O)CCCCCCCCCCCCCC. The number of amides is 1. The topological polar surface area (TPSA) is 108 Å². The Morgan fingerprint density at radius 2 is 1.14 bits per heavy atom. The third kappa shape index (κ3) is 34.9. The number of aliphatic hydroxyl groups is 1. The number of hydrogen-bond acceptors (Lipinski definition) is 6. The maximum absolute atomic E-state index is 12.8. The van der Waals surface area contributed by atoms with E-state index in [0.717, 1.165) is 44.9 Å². The van der Waals surface area contributed by atoms with Crippen molar-refractivity contribution in [2.24, 2.45) is 0 Å². The molecule has 0 fully saturated rings. The van der Waals surface area contributed by atoms with Crippen LogP contribution in [0.2, 0.25) is 0 Å². The second-order valence-corrected chi connectivity index (χ2v) is 16.0. The molecule has 0 radical (unpaired) electrons. The zero-order chi connectivity index (χ0) is 36.5. The highest BCUT2D eigenvalue weighted by Crippen LogP contribution is 2.38. The van der Waals surface area contributed by atoms with Crippen molar-refractivity contribution in [1.29, 1.82) is 0 Å². The average Bonchev–Trinajstić information content (AvgIpc) is 3.04. The molecule has 0 aromatic rings. The molecule has 0 aromatic heterocycles. The number of allylic oxidation sites excluding steroid dienone is 5. The highest BCUT2D eigenvalue weighted by Gasteiger charge is 2.23. The lowest BCUT2D eigenvalue weighted by Gasteiger charge is -2.29. The van der Waals surface area contributed by atoms with Crippen molar-refractivity contribution >= 4 is 13.7 Å². The van der Waals surface area contributed by atoms with Crippen molar-refractivity contribution < 1.29 is 32.9 Å². The van der Waals surface area contributed by atoms with Crippen LogP contribution in [0.1, 0.15) is 162 Å². The summed E-state index contributed by atoms with van der Waals surface area (Å²) in [6.45, 7) is 4.57. The number of carbonyl (C=O) groups excluding carboxylic acids is 1. The van der Waals surface area contributed by atoms with Gasteiger partial charge in [-0.15, -0.1) is 0 Å². The molecular weight excluding hydrogens is 635 g/mol. The number of phosphoric acid groups is 1. The first-order valence-corrected chi connectivity index (χ1v) is 21.3. The van der Waals surface area contributed by atoms with Crippen LogP contribution in [0.4, 0.5) is 0 Å². The molecule has 1 amide bonds.